The van der Waals surface area contributed by atoms with Gasteiger partial charge in [-0.1, -0.05) is 28.9 Å². The molecule has 0 saturated carbocycles. The third-order valence-corrected chi connectivity index (χ3v) is 6.70. The average Bonchev–Trinajstić information content (AvgIpc) is 3.09. The van der Waals surface area contributed by atoms with Crippen LogP contribution in [0.5, 0.6) is 0 Å². The van der Waals surface area contributed by atoms with Crippen LogP contribution in [0.1, 0.15) is 17.0 Å². The number of nitrogens with one attached hydrogen (secondary N) is 1. The molecule has 0 aliphatic carbocycles. The Morgan fingerprint density at radius 2 is 1.82 bits per heavy atom. The minimum atomic E-state index is -4.14. The Bertz CT molecular complexity index is 1530. The van der Waals surface area contributed by atoms with Gasteiger partial charge in [0.15, 0.2) is 5.76 Å². The summed E-state index contributed by atoms with van der Waals surface area (Å²) in [7, 11) is -4.14. The van der Waals surface area contributed by atoms with Crippen LogP contribution >= 0.6 is 11.6 Å². The fourth-order valence-corrected chi connectivity index (χ4v) is 4.82. The smallest absolute Gasteiger partial charge is 0.271 e. The monoisotopic (exact) mass is 488 g/mol. The molecule has 0 amide bonds. The van der Waals surface area contributed by atoms with Gasteiger partial charge >= 0.3 is 0 Å². The quantitative estimate of drug-likeness (QED) is 0.446. The highest BCUT2D eigenvalue weighted by molar-refractivity contribution is 7.92. The first kappa shape index (κ1) is 22.7. The molecule has 0 aliphatic heterocycles. The fourth-order valence-electron chi connectivity index (χ4n) is 3.33. The van der Waals surface area contributed by atoms with Crippen molar-refractivity contribution in [1.29, 1.82) is 0 Å². The Labute approximate surface area is 193 Å². The molecule has 8 nitrogen and oxygen atoms in total. The largest absolute Gasteiger partial charge is 0.359 e. The number of hydrogen-bond donors (Lipinski definition) is 1. The minimum Gasteiger partial charge on any atom is -0.359 e. The van der Waals surface area contributed by atoms with E-state index >= 15 is 0 Å². The molecule has 4 rings (SSSR count). The number of halogens is 2. The summed E-state index contributed by atoms with van der Waals surface area (Å²) in [5, 5.41) is 8.37. The van der Waals surface area contributed by atoms with E-state index in [9.17, 15) is 17.6 Å². The second-order valence-electron chi connectivity index (χ2n) is 7.35. The Balaban J connectivity index is 1.78. The zero-order chi connectivity index (χ0) is 23.9. The molecular weight excluding hydrogens is 471 g/mol. The van der Waals surface area contributed by atoms with Crippen LogP contribution in [0, 0.1) is 26.6 Å². The van der Waals surface area contributed by atoms with E-state index in [1.807, 2.05) is 0 Å². The Kier molecular flexibility index (Phi) is 5.81. The molecule has 11 heteroatoms. The maximum atomic E-state index is 14.2. The Morgan fingerprint density at radius 3 is 2.48 bits per heavy atom. The topological polar surface area (TPSA) is 107 Å². The summed E-state index contributed by atoms with van der Waals surface area (Å²) in [6, 6.07) is 11.2. The van der Waals surface area contributed by atoms with E-state index in [2.05, 4.69) is 15.0 Å². The lowest BCUT2D eigenvalue weighted by Gasteiger charge is -2.13. The summed E-state index contributed by atoms with van der Waals surface area (Å²) in [5.74, 6) is -0.381. The molecule has 0 spiro atoms. The minimum absolute atomic E-state index is 0.0637. The second kappa shape index (κ2) is 8.45. The number of aromatic nitrogens is 3. The van der Waals surface area contributed by atoms with E-state index in [4.69, 9.17) is 16.1 Å². The van der Waals surface area contributed by atoms with Gasteiger partial charge in [-0.05, 0) is 56.7 Å². The van der Waals surface area contributed by atoms with Crippen molar-refractivity contribution in [3.63, 3.8) is 0 Å². The van der Waals surface area contributed by atoms with Gasteiger partial charge in [-0.3, -0.25) is 9.52 Å². The number of benzene rings is 2. The molecule has 170 valence electrons. The molecule has 0 aliphatic rings. The van der Waals surface area contributed by atoms with Gasteiger partial charge in [-0.25, -0.2) is 12.8 Å². The summed E-state index contributed by atoms with van der Waals surface area (Å²) >= 11 is 5.74. The van der Waals surface area contributed by atoms with Gasteiger partial charge < -0.3 is 4.52 Å². The molecule has 33 heavy (non-hydrogen) atoms. The molecule has 2 aromatic carbocycles. The van der Waals surface area contributed by atoms with Crippen molar-refractivity contribution >= 4 is 27.3 Å². The first-order valence-corrected chi connectivity index (χ1v) is 11.6. The standard InChI is InChI=1S/C22H18ClFN4O4S/c1-12-4-5-15(10-20(12)33(30,31)27-19-7-6-16(23)11-17(19)24)18-8-9-21(29)28(25-18)22-13(2)26-32-14(22)3/h4-11,27H,1-3H3. The van der Waals surface area contributed by atoms with E-state index in [0.717, 1.165) is 10.7 Å². The van der Waals surface area contributed by atoms with E-state index in [0.29, 0.717) is 34.0 Å². The van der Waals surface area contributed by atoms with Crippen molar-refractivity contribution < 1.29 is 17.3 Å². The van der Waals surface area contributed by atoms with Gasteiger partial charge in [-0.15, -0.1) is 0 Å². The van der Waals surface area contributed by atoms with Gasteiger partial charge in [0.05, 0.1) is 16.3 Å². The van der Waals surface area contributed by atoms with Crippen LogP contribution in [0.15, 0.2) is 62.7 Å². The van der Waals surface area contributed by atoms with Crippen molar-refractivity contribution in [2.24, 2.45) is 0 Å². The van der Waals surface area contributed by atoms with Crippen molar-refractivity contribution in [3.05, 3.63) is 86.7 Å². The molecular formula is C22H18ClFN4O4S. The highest BCUT2D eigenvalue weighted by atomic mass is 35.5. The number of rotatable bonds is 5. The third kappa shape index (κ3) is 4.39. The zero-order valence-electron chi connectivity index (χ0n) is 17.8. The number of hydrogen-bond acceptors (Lipinski definition) is 6. The number of sulfonamides is 1. The zero-order valence-corrected chi connectivity index (χ0v) is 19.3. The highest BCUT2D eigenvalue weighted by Gasteiger charge is 2.21. The number of aryl methyl sites for hydroxylation is 3. The van der Waals surface area contributed by atoms with Crippen molar-refractivity contribution in [1.82, 2.24) is 14.9 Å². The van der Waals surface area contributed by atoms with Crippen LogP contribution in [-0.2, 0) is 10.0 Å². The predicted molar refractivity (Wildman–Crippen MR) is 122 cm³/mol. The Hall–Kier alpha value is -3.50. The van der Waals surface area contributed by atoms with Crippen LogP contribution in [0.4, 0.5) is 10.1 Å². The van der Waals surface area contributed by atoms with E-state index in [1.165, 1.54) is 30.3 Å². The third-order valence-electron chi connectivity index (χ3n) is 4.96. The number of nitrogens with zero attached hydrogens (tertiary/aromatic N) is 3. The molecule has 2 aromatic heterocycles. The van der Waals surface area contributed by atoms with Gasteiger partial charge in [0.25, 0.3) is 15.6 Å². The van der Waals surface area contributed by atoms with E-state index in [1.54, 1.807) is 32.9 Å². The molecule has 0 bridgehead atoms. The maximum Gasteiger partial charge on any atom is 0.271 e. The summed E-state index contributed by atoms with van der Waals surface area (Å²) in [6.45, 7) is 4.97. The first-order chi connectivity index (χ1) is 15.6. The molecule has 0 radical (unpaired) electrons. The lowest BCUT2D eigenvalue weighted by molar-refractivity contribution is 0.392. The lowest BCUT2D eigenvalue weighted by Crippen LogP contribution is -2.21. The van der Waals surface area contributed by atoms with Gasteiger partial charge in [-0.2, -0.15) is 9.78 Å². The molecule has 0 saturated heterocycles. The fraction of sp³-hybridized carbons (Fsp3) is 0.136. The van der Waals surface area contributed by atoms with Gasteiger partial charge in [0.1, 0.15) is 17.2 Å². The molecule has 1 N–H and O–H groups in total. The normalized spacial score (nSPS) is 11.5. The van der Waals surface area contributed by atoms with Crippen LogP contribution < -0.4 is 10.3 Å². The Morgan fingerprint density at radius 1 is 1.06 bits per heavy atom. The summed E-state index contributed by atoms with van der Waals surface area (Å²) in [5.41, 5.74) is 1.52. The lowest BCUT2D eigenvalue weighted by atomic mass is 10.1. The summed E-state index contributed by atoms with van der Waals surface area (Å²) in [4.78, 5) is 12.4. The van der Waals surface area contributed by atoms with Crippen molar-refractivity contribution in [3.8, 4) is 16.9 Å². The molecule has 2 heterocycles. The van der Waals surface area contributed by atoms with Gasteiger partial charge in [0, 0.05) is 16.7 Å². The predicted octanol–water partition coefficient (Wildman–Crippen LogP) is 4.41. The van der Waals surface area contributed by atoms with Crippen LogP contribution in [-0.4, -0.2) is 23.4 Å². The van der Waals surface area contributed by atoms with Crippen molar-refractivity contribution in [2.75, 3.05) is 4.72 Å². The van der Waals surface area contributed by atoms with Gasteiger partial charge in [0.2, 0.25) is 0 Å². The number of anilines is 1. The van der Waals surface area contributed by atoms with Crippen LogP contribution in [0.2, 0.25) is 5.02 Å². The van der Waals surface area contributed by atoms with E-state index in [-0.39, 0.29) is 15.6 Å². The molecule has 0 fully saturated rings. The van der Waals surface area contributed by atoms with Crippen LogP contribution in [0.25, 0.3) is 16.9 Å². The van der Waals surface area contributed by atoms with E-state index < -0.39 is 21.4 Å². The van der Waals surface area contributed by atoms with Crippen molar-refractivity contribution in [2.45, 2.75) is 25.7 Å². The molecule has 0 unspecified atom stereocenters. The second-order valence-corrected chi connectivity index (χ2v) is 9.44. The average molecular weight is 489 g/mol. The highest BCUT2D eigenvalue weighted by Crippen LogP contribution is 2.27. The molecule has 0 atom stereocenters. The molecule has 4 aromatic rings. The summed E-state index contributed by atoms with van der Waals surface area (Å²) in [6.07, 6.45) is 0. The first-order valence-electron chi connectivity index (χ1n) is 9.69. The SMILES string of the molecule is Cc1ccc(-c2ccc(=O)n(-c3c(C)noc3C)n2)cc1S(=O)(=O)Nc1ccc(Cl)cc1F. The maximum absolute atomic E-state index is 14.2. The summed E-state index contributed by atoms with van der Waals surface area (Å²) < 4.78 is 48.8. The van der Waals surface area contributed by atoms with Crippen LogP contribution in [0.3, 0.4) is 0 Å².